The Hall–Kier alpha value is -2.10. The van der Waals surface area contributed by atoms with E-state index in [4.69, 9.17) is 23.8 Å². The number of aromatic nitrogens is 1. The number of carbonyl (C=O) groups is 1. The molecule has 1 aromatic heterocycles. The van der Waals surface area contributed by atoms with Crippen molar-refractivity contribution >= 4 is 57.0 Å². The van der Waals surface area contributed by atoms with Gasteiger partial charge in [0.05, 0.1) is 4.92 Å². The molecule has 1 aromatic carbocycles. The number of thiazole rings is 1. The van der Waals surface area contributed by atoms with Gasteiger partial charge in [0.2, 0.25) is 0 Å². The molecule has 1 amide bonds. The fourth-order valence-corrected chi connectivity index (χ4v) is 2.36. The molecule has 21 heavy (non-hydrogen) atoms. The molecule has 0 unspecified atom stereocenters. The first kappa shape index (κ1) is 15.3. The van der Waals surface area contributed by atoms with E-state index in [1.807, 2.05) is 0 Å². The van der Waals surface area contributed by atoms with Gasteiger partial charge in [0.25, 0.3) is 11.6 Å². The smallest absolute Gasteiger partial charge is 0.288 e. The number of anilines is 1. The van der Waals surface area contributed by atoms with Gasteiger partial charge in [-0.3, -0.25) is 20.2 Å². The Morgan fingerprint density at radius 3 is 2.86 bits per heavy atom. The average molecular weight is 343 g/mol. The van der Waals surface area contributed by atoms with E-state index in [2.05, 4.69) is 15.6 Å². The summed E-state index contributed by atoms with van der Waals surface area (Å²) in [5, 5.41) is 18.2. The van der Waals surface area contributed by atoms with Crippen LogP contribution in [0.4, 0.5) is 10.8 Å². The Morgan fingerprint density at radius 2 is 2.24 bits per heavy atom. The van der Waals surface area contributed by atoms with Crippen LogP contribution >= 0.6 is 35.2 Å². The molecule has 0 radical (unpaired) electrons. The van der Waals surface area contributed by atoms with E-state index in [1.165, 1.54) is 23.5 Å². The highest BCUT2D eigenvalue weighted by Gasteiger charge is 2.17. The van der Waals surface area contributed by atoms with Crippen LogP contribution in [-0.2, 0) is 0 Å². The highest BCUT2D eigenvalue weighted by atomic mass is 35.5. The minimum atomic E-state index is -0.661. The van der Waals surface area contributed by atoms with Crippen molar-refractivity contribution in [2.45, 2.75) is 0 Å². The molecule has 1 heterocycles. The number of thiocarbonyl (C=S) groups is 1. The number of amides is 1. The fourth-order valence-electron chi connectivity index (χ4n) is 1.38. The van der Waals surface area contributed by atoms with Crippen LogP contribution in [0.5, 0.6) is 0 Å². The summed E-state index contributed by atoms with van der Waals surface area (Å²) in [5.74, 6) is -0.580. The molecule has 0 aliphatic carbocycles. The maximum Gasteiger partial charge on any atom is 0.288 e. The number of nitrogens with zero attached hydrogens (tertiary/aromatic N) is 2. The number of rotatable bonds is 3. The van der Waals surface area contributed by atoms with Gasteiger partial charge in [-0.25, -0.2) is 4.98 Å². The van der Waals surface area contributed by atoms with E-state index >= 15 is 0 Å². The first-order valence-corrected chi connectivity index (χ1v) is 7.09. The van der Waals surface area contributed by atoms with E-state index in [0.29, 0.717) is 5.13 Å². The number of carbonyl (C=O) groups excluding carboxylic acids is 1. The third kappa shape index (κ3) is 3.94. The van der Waals surface area contributed by atoms with Gasteiger partial charge < -0.3 is 5.32 Å². The van der Waals surface area contributed by atoms with Gasteiger partial charge in [0.15, 0.2) is 10.2 Å². The molecule has 108 valence electrons. The maximum absolute atomic E-state index is 11.9. The second kappa shape index (κ2) is 6.57. The van der Waals surface area contributed by atoms with Crippen molar-refractivity contribution in [1.29, 1.82) is 0 Å². The van der Waals surface area contributed by atoms with Crippen molar-refractivity contribution in [3.05, 3.63) is 50.5 Å². The molecule has 0 aliphatic heterocycles. The minimum Gasteiger partial charge on any atom is -0.308 e. The standard InChI is InChI=1S/C11H7ClN4O3S2/c12-7-2-1-6(5-8(7)16(18)19)9(17)14-10(20)15-11-13-3-4-21-11/h1-5H,(H2,13,14,15,17,20). The Balaban J connectivity index is 2.08. The summed E-state index contributed by atoms with van der Waals surface area (Å²) in [6.45, 7) is 0. The molecule has 0 spiro atoms. The summed E-state index contributed by atoms with van der Waals surface area (Å²) in [4.78, 5) is 26.0. The first-order valence-electron chi connectivity index (χ1n) is 5.43. The van der Waals surface area contributed by atoms with Gasteiger partial charge in [-0.2, -0.15) is 0 Å². The summed E-state index contributed by atoms with van der Waals surface area (Å²) in [7, 11) is 0. The topological polar surface area (TPSA) is 97.2 Å². The van der Waals surface area contributed by atoms with Crippen molar-refractivity contribution in [3.63, 3.8) is 0 Å². The lowest BCUT2D eigenvalue weighted by Crippen LogP contribution is -2.34. The number of hydrogen-bond donors (Lipinski definition) is 2. The van der Waals surface area contributed by atoms with Crippen molar-refractivity contribution in [1.82, 2.24) is 10.3 Å². The van der Waals surface area contributed by atoms with Crippen LogP contribution < -0.4 is 10.6 Å². The molecule has 2 aromatic rings. The summed E-state index contributed by atoms with van der Waals surface area (Å²) in [6.07, 6.45) is 1.58. The molecule has 10 heteroatoms. The zero-order chi connectivity index (χ0) is 15.4. The highest BCUT2D eigenvalue weighted by Crippen LogP contribution is 2.25. The van der Waals surface area contributed by atoms with E-state index in [9.17, 15) is 14.9 Å². The lowest BCUT2D eigenvalue weighted by Gasteiger charge is -2.07. The second-order valence-corrected chi connectivity index (χ2v) is 5.38. The zero-order valence-electron chi connectivity index (χ0n) is 10.2. The van der Waals surface area contributed by atoms with Crippen LogP contribution in [0.25, 0.3) is 0 Å². The number of benzene rings is 1. The monoisotopic (exact) mass is 342 g/mol. The third-order valence-electron chi connectivity index (χ3n) is 2.28. The number of hydrogen-bond acceptors (Lipinski definition) is 6. The first-order chi connectivity index (χ1) is 9.97. The number of nitrogens with one attached hydrogen (secondary N) is 2. The van der Waals surface area contributed by atoms with Crippen molar-refractivity contribution in [3.8, 4) is 0 Å². The Kier molecular flexibility index (Phi) is 4.78. The fraction of sp³-hybridized carbons (Fsp3) is 0. The van der Waals surface area contributed by atoms with Crippen LogP contribution in [0.2, 0.25) is 5.02 Å². The van der Waals surface area contributed by atoms with Crippen LogP contribution in [0.1, 0.15) is 10.4 Å². The van der Waals surface area contributed by atoms with E-state index in [0.717, 1.165) is 6.07 Å². The number of nitro benzene ring substituents is 1. The van der Waals surface area contributed by atoms with Crippen LogP contribution in [0.3, 0.4) is 0 Å². The minimum absolute atomic E-state index is 0.0416. The summed E-state index contributed by atoms with van der Waals surface area (Å²) in [5.41, 5.74) is -0.266. The molecule has 2 rings (SSSR count). The van der Waals surface area contributed by atoms with Crippen LogP contribution in [0.15, 0.2) is 29.8 Å². The summed E-state index contributed by atoms with van der Waals surface area (Å²) >= 11 is 11.9. The van der Waals surface area contributed by atoms with Crippen LogP contribution in [-0.4, -0.2) is 20.9 Å². The second-order valence-electron chi connectivity index (χ2n) is 3.67. The van der Waals surface area contributed by atoms with Gasteiger partial charge in [-0.05, 0) is 24.4 Å². The SMILES string of the molecule is O=C(NC(=S)Nc1nccs1)c1ccc(Cl)c([N+](=O)[O-])c1. The Labute approximate surface area is 133 Å². The molecule has 0 bridgehead atoms. The molecule has 0 saturated heterocycles. The Bertz CT molecular complexity index is 705. The normalized spacial score (nSPS) is 9.95. The lowest BCUT2D eigenvalue weighted by atomic mass is 10.2. The van der Waals surface area contributed by atoms with Crippen molar-refractivity contribution < 1.29 is 9.72 Å². The van der Waals surface area contributed by atoms with Gasteiger partial charge in [0, 0.05) is 23.2 Å². The van der Waals surface area contributed by atoms with Gasteiger partial charge in [-0.1, -0.05) is 11.6 Å². The highest BCUT2D eigenvalue weighted by molar-refractivity contribution is 7.80. The van der Waals surface area contributed by atoms with E-state index < -0.39 is 10.8 Å². The van der Waals surface area contributed by atoms with Crippen molar-refractivity contribution in [2.24, 2.45) is 0 Å². The summed E-state index contributed by atoms with van der Waals surface area (Å²) in [6, 6.07) is 3.74. The number of halogens is 1. The molecule has 7 nitrogen and oxygen atoms in total. The largest absolute Gasteiger partial charge is 0.308 e. The van der Waals surface area contributed by atoms with Crippen LogP contribution in [0, 0.1) is 10.1 Å². The molecule has 0 aliphatic rings. The molecular formula is C11H7ClN4O3S2. The van der Waals surface area contributed by atoms with Gasteiger partial charge in [0.1, 0.15) is 5.02 Å². The molecule has 0 fully saturated rings. The van der Waals surface area contributed by atoms with E-state index in [1.54, 1.807) is 11.6 Å². The van der Waals surface area contributed by atoms with Gasteiger partial charge in [-0.15, -0.1) is 11.3 Å². The predicted molar refractivity (Wildman–Crippen MR) is 83.9 cm³/mol. The average Bonchev–Trinajstić information content (AvgIpc) is 2.91. The van der Waals surface area contributed by atoms with E-state index in [-0.39, 0.29) is 21.4 Å². The third-order valence-corrected chi connectivity index (χ3v) is 3.50. The summed E-state index contributed by atoms with van der Waals surface area (Å²) < 4.78 is 0. The quantitative estimate of drug-likeness (QED) is 0.505. The molecule has 0 atom stereocenters. The molecule has 2 N–H and O–H groups in total. The lowest BCUT2D eigenvalue weighted by molar-refractivity contribution is -0.384. The molecule has 0 saturated carbocycles. The van der Waals surface area contributed by atoms with Gasteiger partial charge >= 0.3 is 0 Å². The predicted octanol–water partition coefficient (Wildman–Crippen LogP) is 2.83. The Morgan fingerprint density at radius 1 is 1.48 bits per heavy atom. The van der Waals surface area contributed by atoms with Crippen molar-refractivity contribution in [2.75, 3.05) is 5.32 Å². The molecular weight excluding hydrogens is 336 g/mol. The number of nitro groups is 1. The maximum atomic E-state index is 11.9. The zero-order valence-corrected chi connectivity index (χ0v) is 12.6.